The topological polar surface area (TPSA) is 204 Å². The summed E-state index contributed by atoms with van der Waals surface area (Å²) in [6.45, 7) is -1.00. The Bertz CT molecular complexity index is 959. The van der Waals surface area contributed by atoms with E-state index in [1.807, 2.05) is 0 Å². The van der Waals surface area contributed by atoms with Crippen LogP contribution in [-0.2, 0) is 9.47 Å². The van der Waals surface area contributed by atoms with Crippen LogP contribution in [0.5, 0.6) is 0 Å². The highest BCUT2D eigenvalue weighted by Gasteiger charge is 2.43. The fourth-order valence-corrected chi connectivity index (χ4v) is 4.33. The molecule has 0 saturated carbocycles. The average molecular weight is 508 g/mol. The predicted octanol–water partition coefficient (Wildman–Crippen LogP) is -1.95. The van der Waals surface area contributed by atoms with Gasteiger partial charge in [-0.05, 0) is 30.0 Å². The zero-order valence-corrected chi connectivity index (χ0v) is 19.5. The summed E-state index contributed by atoms with van der Waals surface area (Å²) in [4.78, 5) is 0. The third kappa shape index (κ3) is 6.37. The second kappa shape index (κ2) is 12.8. The molecule has 2 saturated heterocycles. The van der Waals surface area contributed by atoms with Crippen LogP contribution < -0.4 is 0 Å². The molecule has 0 radical (unpaired) electrons. The van der Waals surface area contributed by atoms with E-state index in [0.717, 1.165) is 0 Å². The molecule has 0 spiro atoms. The first-order valence-electron chi connectivity index (χ1n) is 11.7. The molecule has 11 nitrogen and oxygen atoms in total. The van der Waals surface area contributed by atoms with E-state index in [-0.39, 0.29) is 12.8 Å². The van der Waals surface area contributed by atoms with E-state index in [0.29, 0.717) is 16.7 Å². The lowest BCUT2D eigenvalue weighted by Crippen LogP contribution is -2.58. The summed E-state index contributed by atoms with van der Waals surface area (Å²) in [7, 11) is 0. The van der Waals surface area contributed by atoms with Gasteiger partial charge in [0.05, 0.1) is 37.1 Å². The molecule has 0 unspecified atom stereocenters. The predicted molar refractivity (Wildman–Crippen MR) is 126 cm³/mol. The SMILES string of the molecule is N#Cc1cc(C=CC[C@H]2O[C@H](CO)[C@@H](O)[C@H](O)[C@@H]2O)ccc1C=CC[C@H]1O[C@H](CO)[C@@H](O)[C@H](O)[C@@H]1O. The molecule has 0 aliphatic carbocycles. The number of rotatable bonds is 8. The van der Waals surface area contributed by atoms with Crippen LogP contribution in [0.1, 0.15) is 29.5 Å². The van der Waals surface area contributed by atoms with Gasteiger partial charge in [-0.2, -0.15) is 5.26 Å². The Hall–Kier alpha value is -2.21. The molecule has 198 valence electrons. The fraction of sp³-hybridized carbons (Fsp3) is 0.560. The summed E-state index contributed by atoms with van der Waals surface area (Å²) in [5, 5.41) is 87.9. The highest BCUT2D eigenvalue weighted by Crippen LogP contribution is 2.25. The van der Waals surface area contributed by atoms with Gasteiger partial charge in [0.1, 0.15) is 48.8 Å². The number of hydrogen-bond donors (Lipinski definition) is 8. The molecule has 11 heteroatoms. The molecule has 8 N–H and O–H groups in total. The highest BCUT2D eigenvalue weighted by molar-refractivity contribution is 5.63. The van der Waals surface area contributed by atoms with E-state index < -0.39 is 74.3 Å². The van der Waals surface area contributed by atoms with E-state index in [1.165, 1.54) is 0 Å². The Morgan fingerprint density at radius 3 is 1.64 bits per heavy atom. The average Bonchev–Trinajstić information content (AvgIpc) is 2.89. The minimum atomic E-state index is -1.45. The zero-order valence-electron chi connectivity index (χ0n) is 19.5. The van der Waals surface area contributed by atoms with Crippen molar-refractivity contribution in [3.05, 3.63) is 47.0 Å². The zero-order chi connectivity index (χ0) is 26.4. The van der Waals surface area contributed by atoms with Crippen LogP contribution in [0.3, 0.4) is 0 Å². The maximum Gasteiger partial charge on any atom is 0.111 e. The third-order valence-corrected chi connectivity index (χ3v) is 6.52. The van der Waals surface area contributed by atoms with Crippen LogP contribution in [0.15, 0.2) is 30.4 Å². The molecule has 3 rings (SSSR count). The summed E-state index contributed by atoms with van der Waals surface area (Å²) in [5.41, 5.74) is 1.67. The first-order valence-corrected chi connectivity index (χ1v) is 11.7. The number of hydrogen-bond acceptors (Lipinski definition) is 11. The monoisotopic (exact) mass is 507 g/mol. The first-order chi connectivity index (χ1) is 17.2. The molecule has 1 aromatic carbocycles. The number of ether oxygens (including phenoxy) is 2. The van der Waals surface area contributed by atoms with E-state index in [9.17, 15) is 46.1 Å². The molecular formula is C25H33NO10. The van der Waals surface area contributed by atoms with E-state index in [4.69, 9.17) is 9.47 Å². The Kier molecular flexibility index (Phi) is 10.1. The Balaban J connectivity index is 1.62. The Morgan fingerprint density at radius 1 is 0.694 bits per heavy atom. The van der Waals surface area contributed by atoms with Crippen molar-refractivity contribution in [1.29, 1.82) is 5.26 Å². The molecule has 1 aromatic rings. The van der Waals surface area contributed by atoms with Gasteiger partial charge in [-0.3, -0.25) is 0 Å². The van der Waals surface area contributed by atoms with Gasteiger partial charge in [-0.1, -0.05) is 36.4 Å². The van der Waals surface area contributed by atoms with Crippen LogP contribution in [0.2, 0.25) is 0 Å². The number of nitriles is 1. The number of aliphatic hydroxyl groups is 8. The quantitative estimate of drug-likeness (QED) is 0.194. The molecule has 36 heavy (non-hydrogen) atoms. The second-order valence-corrected chi connectivity index (χ2v) is 8.97. The van der Waals surface area contributed by atoms with Crippen molar-refractivity contribution in [2.45, 2.75) is 73.9 Å². The van der Waals surface area contributed by atoms with Crippen LogP contribution in [0, 0.1) is 11.3 Å². The Labute approximate surface area is 208 Å². The van der Waals surface area contributed by atoms with Gasteiger partial charge in [-0.15, -0.1) is 0 Å². The van der Waals surface area contributed by atoms with Crippen molar-refractivity contribution < 1.29 is 50.3 Å². The maximum atomic E-state index is 10.1. The fourth-order valence-electron chi connectivity index (χ4n) is 4.33. The lowest BCUT2D eigenvalue weighted by atomic mass is 9.93. The van der Waals surface area contributed by atoms with Gasteiger partial charge in [0, 0.05) is 0 Å². The van der Waals surface area contributed by atoms with Gasteiger partial charge in [-0.25, -0.2) is 0 Å². The van der Waals surface area contributed by atoms with Gasteiger partial charge in [0.15, 0.2) is 0 Å². The lowest BCUT2D eigenvalue weighted by molar-refractivity contribution is -0.227. The van der Waals surface area contributed by atoms with Crippen molar-refractivity contribution in [3.8, 4) is 6.07 Å². The summed E-state index contributed by atoms with van der Waals surface area (Å²) in [5.74, 6) is 0. The van der Waals surface area contributed by atoms with Gasteiger partial charge >= 0.3 is 0 Å². The van der Waals surface area contributed by atoms with Crippen LogP contribution in [0.25, 0.3) is 12.2 Å². The van der Waals surface area contributed by atoms with E-state index in [2.05, 4.69) is 6.07 Å². The number of benzene rings is 1. The van der Waals surface area contributed by atoms with Crippen molar-refractivity contribution in [2.75, 3.05) is 13.2 Å². The van der Waals surface area contributed by atoms with Crippen LogP contribution in [-0.4, -0.2) is 115 Å². The molecule has 0 bridgehead atoms. The molecular weight excluding hydrogens is 474 g/mol. The van der Waals surface area contributed by atoms with Crippen molar-refractivity contribution >= 4 is 12.2 Å². The van der Waals surface area contributed by atoms with Crippen molar-refractivity contribution in [3.63, 3.8) is 0 Å². The largest absolute Gasteiger partial charge is 0.394 e. The summed E-state index contributed by atoms with van der Waals surface area (Å²) in [6, 6.07) is 7.24. The highest BCUT2D eigenvalue weighted by atomic mass is 16.5. The maximum absolute atomic E-state index is 10.1. The minimum absolute atomic E-state index is 0.174. The third-order valence-electron chi connectivity index (χ3n) is 6.52. The second-order valence-electron chi connectivity index (χ2n) is 8.97. The standard InChI is InChI=1S/C25H33NO10/c26-10-15-9-13(3-1-5-16-20(29)24(33)22(31)18(11-27)35-16)7-8-14(15)4-2-6-17-21(30)25(34)23(32)19(12-28)36-17/h1-4,7-9,16-25,27-34H,5-6,11-12H2/t16-,17-,18-,19-,20-,21-,22-,23-,24-,25-/m1/s1. The molecule has 2 aliphatic rings. The molecule has 0 aromatic heterocycles. The Morgan fingerprint density at radius 2 is 1.17 bits per heavy atom. The van der Waals surface area contributed by atoms with Gasteiger partial charge < -0.3 is 50.3 Å². The first kappa shape index (κ1) is 28.4. The van der Waals surface area contributed by atoms with Crippen LogP contribution >= 0.6 is 0 Å². The van der Waals surface area contributed by atoms with Gasteiger partial charge in [0.2, 0.25) is 0 Å². The summed E-state index contributed by atoms with van der Waals surface area (Å²) < 4.78 is 10.9. The van der Waals surface area contributed by atoms with Crippen molar-refractivity contribution in [2.24, 2.45) is 0 Å². The summed E-state index contributed by atoms with van der Waals surface area (Å²) in [6.07, 6.45) is -4.88. The molecule has 2 heterocycles. The number of aliphatic hydroxyl groups excluding tert-OH is 8. The molecule has 2 fully saturated rings. The normalized spacial score (nSPS) is 37.4. The van der Waals surface area contributed by atoms with Crippen LogP contribution in [0.4, 0.5) is 0 Å². The van der Waals surface area contributed by atoms with Crippen molar-refractivity contribution in [1.82, 2.24) is 0 Å². The molecule has 10 atom stereocenters. The molecule has 0 amide bonds. The van der Waals surface area contributed by atoms with E-state index in [1.54, 1.807) is 42.5 Å². The smallest absolute Gasteiger partial charge is 0.111 e. The summed E-state index contributed by atoms with van der Waals surface area (Å²) >= 11 is 0. The number of nitrogens with zero attached hydrogens (tertiary/aromatic N) is 1. The lowest BCUT2D eigenvalue weighted by Gasteiger charge is -2.39. The minimum Gasteiger partial charge on any atom is -0.394 e. The molecule has 2 aliphatic heterocycles. The van der Waals surface area contributed by atoms with Gasteiger partial charge in [0.25, 0.3) is 0 Å². The van der Waals surface area contributed by atoms with E-state index >= 15 is 0 Å².